The number of H-pyrrole nitrogens is 1. The number of imidazole rings is 1. The van der Waals surface area contributed by atoms with Gasteiger partial charge in [0.2, 0.25) is 0 Å². The van der Waals surface area contributed by atoms with Crippen molar-refractivity contribution in [2.24, 2.45) is 0 Å². The van der Waals surface area contributed by atoms with E-state index in [4.69, 9.17) is 14.7 Å². The van der Waals surface area contributed by atoms with Crippen LogP contribution in [-0.4, -0.2) is 31.9 Å². The van der Waals surface area contributed by atoms with Crippen LogP contribution in [0.25, 0.3) is 11.0 Å². The molecule has 1 fully saturated rings. The first kappa shape index (κ1) is 24.8. The number of carbonyl (C=O) groups is 1. The van der Waals surface area contributed by atoms with Crippen LogP contribution in [0.15, 0.2) is 60.8 Å². The number of nitrogens with one attached hydrogen (secondary N) is 2. The van der Waals surface area contributed by atoms with Crippen LogP contribution in [0.5, 0.6) is 0 Å². The van der Waals surface area contributed by atoms with Gasteiger partial charge in [0.15, 0.2) is 0 Å². The summed E-state index contributed by atoms with van der Waals surface area (Å²) in [6, 6.07) is 19.8. The Hall–Kier alpha value is -3.55. The van der Waals surface area contributed by atoms with Gasteiger partial charge >= 0.3 is 5.97 Å². The first-order chi connectivity index (χ1) is 18.6. The fourth-order valence-electron chi connectivity index (χ4n) is 5.52. The summed E-state index contributed by atoms with van der Waals surface area (Å²) in [5.74, 6) is 0.683. The van der Waals surface area contributed by atoms with Crippen molar-refractivity contribution < 1.29 is 9.53 Å². The predicted octanol–water partition coefficient (Wildman–Crippen LogP) is 5.35. The van der Waals surface area contributed by atoms with E-state index >= 15 is 0 Å². The molecule has 2 aromatic heterocycles. The third-order valence-corrected chi connectivity index (χ3v) is 7.64. The summed E-state index contributed by atoms with van der Waals surface area (Å²) in [6.07, 6.45) is 7.67. The van der Waals surface area contributed by atoms with E-state index < -0.39 is 0 Å². The molecule has 0 aliphatic heterocycles. The smallest absolute Gasteiger partial charge is 0.302 e. The number of benzene rings is 2. The summed E-state index contributed by atoms with van der Waals surface area (Å²) in [5.41, 5.74) is 7.97. The molecule has 1 saturated carbocycles. The Morgan fingerprint density at radius 1 is 1.08 bits per heavy atom. The summed E-state index contributed by atoms with van der Waals surface area (Å²) in [4.78, 5) is 27.4. The van der Waals surface area contributed by atoms with E-state index in [0.717, 1.165) is 48.2 Å². The monoisotopic (exact) mass is 509 g/mol. The van der Waals surface area contributed by atoms with Crippen LogP contribution < -0.4 is 5.32 Å². The molecule has 7 heteroatoms. The number of hydrogen-bond acceptors (Lipinski definition) is 6. The summed E-state index contributed by atoms with van der Waals surface area (Å²) in [5, 5.41) is 3.59. The van der Waals surface area contributed by atoms with Gasteiger partial charge in [-0.05, 0) is 72.6 Å². The van der Waals surface area contributed by atoms with Crippen LogP contribution >= 0.6 is 0 Å². The molecule has 2 N–H and O–H groups in total. The second-order valence-electron chi connectivity index (χ2n) is 10.6. The van der Waals surface area contributed by atoms with Crippen molar-refractivity contribution in [2.45, 2.75) is 77.4 Å². The Morgan fingerprint density at radius 3 is 2.82 bits per heavy atom. The largest absolute Gasteiger partial charge is 0.461 e. The Bertz CT molecular complexity index is 1390. The molecule has 1 atom stereocenters. The number of rotatable bonds is 10. The minimum absolute atomic E-state index is 0.186. The van der Waals surface area contributed by atoms with Gasteiger partial charge in [-0.25, -0.2) is 4.98 Å². The van der Waals surface area contributed by atoms with E-state index in [1.165, 1.54) is 42.1 Å². The molecule has 2 aliphatic carbocycles. The Morgan fingerprint density at radius 2 is 1.97 bits per heavy atom. The van der Waals surface area contributed by atoms with Crippen molar-refractivity contribution in [2.75, 3.05) is 0 Å². The fraction of sp³-hybridized carbons (Fsp3) is 0.387. The molecule has 1 unspecified atom stereocenters. The standard InChI is InChI=1S/C31H35N5O2/c1-21(37)38-20-25-16-22(17-33-26-13-14-26)11-12-24(25)18-36(19-30-34-27-8-2-3-9-28(27)35-30)29-10-4-6-23-7-5-15-32-31(23)29/h2-3,5,7-9,11-12,15-16,26,29,33H,4,6,10,13-14,17-20H2,1H3,(H,34,35). The van der Waals surface area contributed by atoms with E-state index in [2.05, 4.69) is 45.5 Å². The molecule has 6 rings (SSSR count). The first-order valence-corrected chi connectivity index (χ1v) is 13.7. The normalized spacial score (nSPS) is 17.1. The Labute approximate surface area is 223 Å². The molecule has 196 valence electrons. The first-order valence-electron chi connectivity index (χ1n) is 13.7. The van der Waals surface area contributed by atoms with E-state index in [9.17, 15) is 4.79 Å². The van der Waals surface area contributed by atoms with Crippen LogP contribution in [-0.2, 0) is 42.2 Å². The van der Waals surface area contributed by atoms with Gasteiger partial charge in [0.05, 0.1) is 29.3 Å². The second-order valence-corrected chi connectivity index (χ2v) is 10.6. The lowest BCUT2D eigenvalue weighted by molar-refractivity contribution is -0.142. The molecule has 0 saturated heterocycles. The molecule has 38 heavy (non-hydrogen) atoms. The van der Waals surface area contributed by atoms with E-state index in [1.807, 2.05) is 30.5 Å². The fourth-order valence-corrected chi connectivity index (χ4v) is 5.52. The lowest BCUT2D eigenvalue weighted by atomic mass is 9.90. The molecular formula is C31H35N5O2. The minimum Gasteiger partial charge on any atom is -0.461 e. The predicted molar refractivity (Wildman–Crippen MR) is 147 cm³/mol. The lowest BCUT2D eigenvalue weighted by Crippen LogP contribution is -2.32. The SMILES string of the molecule is CC(=O)OCc1cc(CNC2CC2)ccc1CN(Cc1nc2ccccc2[nH]1)C1CCCc2cccnc21. The van der Waals surface area contributed by atoms with Crippen molar-refractivity contribution in [3.8, 4) is 0 Å². The number of esters is 1. The number of aromatic nitrogens is 3. The number of fused-ring (bicyclic) bond motifs is 2. The quantitative estimate of drug-likeness (QED) is 0.280. The molecular weight excluding hydrogens is 474 g/mol. The summed E-state index contributed by atoms with van der Waals surface area (Å²) in [7, 11) is 0. The van der Waals surface area contributed by atoms with Crippen molar-refractivity contribution in [1.29, 1.82) is 0 Å². The lowest BCUT2D eigenvalue weighted by Gasteiger charge is -2.35. The van der Waals surface area contributed by atoms with Crippen molar-refractivity contribution in [3.05, 3.63) is 94.6 Å². The highest BCUT2D eigenvalue weighted by molar-refractivity contribution is 5.74. The summed E-state index contributed by atoms with van der Waals surface area (Å²) >= 11 is 0. The highest BCUT2D eigenvalue weighted by atomic mass is 16.5. The van der Waals surface area contributed by atoms with Gasteiger partial charge in [-0.3, -0.25) is 14.7 Å². The topological polar surface area (TPSA) is 83.1 Å². The molecule has 0 bridgehead atoms. The van der Waals surface area contributed by atoms with Crippen LogP contribution in [0.3, 0.4) is 0 Å². The van der Waals surface area contributed by atoms with E-state index in [0.29, 0.717) is 19.1 Å². The van der Waals surface area contributed by atoms with Gasteiger partial charge in [-0.1, -0.05) is 36.4 Å². The summed E-state index contributed by atoms with van der Waals surface area (Å²) < 4.78 is 5.49. The summed E-state index contributed by atoms with van der Waals surface area (Å²) in [6.45, 7) is 3.97. The Kier molecular flexibility index (Phi) is 7.20. The number of hydrogen-bond donors (Lipinski definition) is 2. The number of carbonyl (C=O) groups excluding carboxylic acids is 1. The number of para-hydroxylation sites is 2. The molecule has 2 aliphatic rings. The average molecular weight is 510 g/mol. The van der Waals surface area contributed by atoms with E-state index in [1.54, 1.807) is 0 Å². The van der Waals surface area contributed by atoms with Crippen LogP contribution in [0.1, 0.15) is 72.4 Å². The van der Waals surface area contributed by atoms with Gasteiger partial charge in [-0.15, -0.1) is 0 Å². The highest BCUT2D eigenvalue weighted by Gasteiger charge is 2.29. The average Bonchev–Trinajstić information content (AvgIpc) is 3.68. The maximum atomic E-state index is 11.7. The molecule has 7 nitrogen and oxygen atoms in total. The van der Waals surface area contributed by atoms with Crippen LogP contribution in [0.2, 0.25) is 0 Å². The zero-order valence-corrected chi connectivity index (χ0v) is 22.0. The van der Waals surface area contributed by atoms with Crippen LogP contribution in [0.4, 0.5) is 0 Å². The second kappa shape index (κ2) is 11.1. The zero-order valence-electron chi connectivity index (χ0n) is 22.0. The van der Waals surface area contributed by atoms with Gasteiger partial charge in [0, 0.05) is 32.3 Å². The maximum absolute atomic E-state index is 11.7. The highest BCUT2D eigenvalue weighted by Crippen LogP contribution is 2.35. The van der Waals surface area contributed by atoms with Gasteiger partial charge < -0.3 is 15.0 Å². The maximum Gasteiger partial charge on any atom is 0.302 e. The molecule has 2 aromatic carbocycles. The Balaban J connectivity index is 1.32. The van der Waals surface area contributed by atoms with Crippen molar-refractivity contribution in [1.82, 2.24) is 25.2 Å². The van der Waals surface area contributed by atoms with Gasteiger partial charge in [-0.2, -0.15) is 0 Å². The minimum atomic E-state index is -0.262. The molecule has 0 radical (unpaired) electrons. The third-order valence-electron chi connectivity index (χ3n) is 7.64. The molecule has 2 heterocycles. The number of ether oxygens (including phenoxy) is 1. The van der Waals surface area contributed by atoms with Crippen molar-refractivity contribution >= 4 is 17.0 Å². The molecule has 0 spiro atoms. The van der Waals surface area contributed by atoms with E-state index in [-0.39, 0.29) is 18.6 Å². The van der Waals surface area contributed by atoms with Crippen LogP contribution in [0, 0.1) is 0 Å². The van der Waals surface area contributed by atoms with Crippen molar-refractivity contribution in [3.63, 3.8) is 0 Å². The van der Waals surface area contributed by atoms with Gasteiger partial charge in [0.25, 0.3) is 0 Å². The number of aryl methyl sites for hydroxylation is 1. The number of pyridine rings is 1. The zero-order chi connectivity index (χ0) is 25.9. The number of nitrogens with zero attached hydrogens (tertiary/aromatic N) is 3. The third kappa shape index (κ3) is 5.79. The van der Waals surface area contributed by atoms with Gasteiger partial charge in [0.1, 0.15) is 12.4 Å². The number of aromatic amines is 1. The molecule has 4 aromatic rings. The molecule has 0 amide bonds.